The number of morpholine rings is 1. The highest BCUT2D eigenvalue weighted by Crippen LogP contribution is 2.27. The molecule has 1 fully saturated rings. The number of amides is 1. The Morgan fingerprint density at radius 2 is 1.89 bits per heavy atom. The van der Waals surface area contributed by atoms with Crippen LogP contribution in [0.3, 0.4) is 0 Å². The second kappa shape index (κ2) is 8.76. The zero-order valence-electron chi connectivity index (χ0n) is 16.2. The number of carbonyl (C=O) groups excluding carboxylic acids is 1. The predicted molar refractivity (Wildman–Crippen MR) is 107 cm³/mol. The largest absolute Gasteiger partial charge is 0.497 e. The normalized spacial score (nSPS) is 19.7. The van der Waals surface area contributed by atoms with Crippen molar-refractivity contribution in [2.75, 3.05) is 13.7 Å². The predicted octanol–water partition coefficient (Wildman–Crippen LogP) is 4.51. The molecule has 0 N–H and O–H groups in total. The standard InChI is InChI=1S/C23H27NO3/c1-4-17(2)21-16-27-22(14-18-8-6-5-7-9-18)23(25)24(21)15-19-10-12-20(26-3)13-11-19/h5-14,17,21H,4,15-16H2,1-3H3/b22-14-/t17?,21-/m1/s1. The zero-order valence-corrected chi connectivity index (χ0v) is 16.2. The number of hydrogen-bond acceptors (Lipinski definition) is 3. The molecule has 4 nitrogen and oxygen atoms in total. The van der Waals surface area contributed by atoms with Gasteiger partial charge in [0.1, 0.15) is 12.4 Å². The van der Waals surface area contributed by atoms with Crippen LogP contribution in [0.2, 0.25) is 0 Å². The minimum absolute atomic E-state index is 0.0498. The molecule has 1 aliphatic heterocycles. The van der Waals surface area contributed by atoms with Crippen molar-refractivity contribution in [3.63, 3.8) is 0 Å². The number of nitrogens with zero attached hydrogens (tertiary/aromatic N) is 1. The average molecular weight is 365 g/mol. The maximum Gasteiger partial charge on any atom is 0.289 e. The molecule has 3 rings (SSSR count). The molecule has 1 amide bonds. The summed E-state index contributed by atoms with van der Waals surface area (Å²) in [7, 11) is 1.65. The second-order valence-corrected chi connectivity index (χ2v) is 6.96. The Morgan fingerprint density at radius 3 is 2.52 bits per heavy atom. The van der Waals surface area contributed by atoms with Crippen molar-refractivity contribution >= 4 is 12.0 Å². The maximum absolute atomic E-state index is 13.2. The molecule has 1 unspecified atom stereocenters. The van der Waals surface area contributed by atoms with Crippen molar-refractivity contribution in [2.45, 2.75) is 32.9 Å². The molecule has 0 saturated carbocycles. The highest BCUT2D eigenvalue weighted by Gasteiger charge is 2.35. The van der Waals surface area contributed by atoms with E-state index in [0.29, 0.717) is 24.8 Å². The first-order valence-corrected chi connectivity index (χ1v) is 9.45. The van der Waals surface area contributed by atoms with Gasteiger partial charge in [0.25, 0.3) is 5.91 Å². The van der Waals surface area contributed by atoms with Gasteiger partial charge in [0.15, 0.2) is 5.76 Å². The van der Waals surface area contributed by atoms with Crippen LogP contribution < -0.4 is 4.74 Å². The first-order chi connectivity index (χ1) is 13.1. The molecule has 2 atom stereocenters. The third-order valence-corrected chi connectivity index (χ3v) is 5.19. The third-order valence-electron chi connectivity index (χ3n) is 5.19. The molecule has 1 heterocycles. The van der Waals surface area contributed by atoms with E-state index in [0.717, 1.165) is 23.3 Å². The lowest BCUT2D eigenvalue weighted by atomic mass is 9.96. The summed E-state index contributed by atoms with van der Waals surface area (Å²) in [6.07, 6.45) is 2.83. The molecule has 1 aliphatic rings. The number of ether oxygens (including phenoxy) is 2. The summed E-state index contributed by atoms with van der Waals surface area (Å²) in [4.78, 5) is 15.1. The minimum Gasteiger partial charge on any atom is -0.497 e. The Bertz CT molecular complexity index is 783. The molecule has 2 aromatic carbocycles. The van der Waals surface area contributed by atoms with E-state index in [4.69, 9.17) is 9.47 Å². The van der Waals surface area contributed by atoms with Crippen LogP contribution in [-0.2, 0) is 16.1 Å². The Hall–Kier alpha value is -2.75. The van der Waals surface area contributed by atoms with Crippen molar-refractivity contribution < 1.29 is 14.3 Å². The van der Waals surface area contributed by atoms with Gasteiger partial charge >= 0.3 is 0 Å². The molecule has 1 saturated heterocycles. The number of carbonyl (C=O) groups is 1. The second-order valence-electron chi connectivity index (χ2n) is 6.96. The van der Waals surface area contributed by atoms with Crippen LogP contribution in [0.1, 0.15) is 31.4 Å². The molecule has 0 radical (unpaired) electrons. The van der Waals surface area contributed by atoms with Gasteiger partial charge in [-0.2, -0.15) is 0 Å². The molecule has 0 spiro atoms. The van der Waals surface area contributed by atoms with Crippen LogP contribution in [-0.4, -0.2) is 30.6 Å². The van der Waals surface area contributed by atoms with E-state index >= 15 is 0 Å². The van der Waals surface area contributed by atoms with E-state index in [1.165, 1.54) is 0 Å². The van der Waals surface area contributed by atoms with Gasteiger partial charge in [0.05, 0.1) is 13.2 Å². The lowest BCUT2D eigenvalue weighted by Crippen LogP contribution is -2.50. The van der Waals surface area contributed by atoms with Crippen molar-refractivity contribution in [2.24, 2.45) is 5.92 Å². The number of hydrogen-bond donors (Lipinski definition) is 0. The number of rotatable bonds is 6. The molecular weight excluding hydrogens is 338 g/mol. The molecule has 0 bridgehead atoms. The summed E-state index contributed by atoms with van der Waals surface area (Å²) in [5, 5.41) is 0. The fourth-order valence-corrected chi connectivity index (χ4v) is 3.28. The van der Waals surface area contributed by atoms with Crippen LogP contribution in [0.25, 0.3) is 6.08 Å². The Labute approximate surface area is 161 Å². The summed E-state index contributed by atoms with van der Waals surface area (Å²) >= 11 is 0. The first-order valence-electron chi connectivity index (χ1n) is 9.45. The van der Waals surface area contributed by atoms with E-state index in [1.54, 1.807) is 7.11 Å². The van der Waals surface area contributed by atoms with Crippen molar-refractivity contribution in [1.82, 2.24) is 4.90 Å². The van der Waals surface area contributed by atoms with E-state index in [9.17, 15) is 4.79 Å². The molecular formula is C23H27NO3. The number of benzene rings is 2. The molecule has 0 aliphatic carbocycles. The quantitative estimate of drug-likeness (QED) is 0.707. The maximum atomic E-state index is 13.2. The lowest BCUT2D eigenvalue weighted by Gasteiger charge is -2.39. The molecule has 0 aromatic heterocycles. The van der Waals surface area contributed by atoms with Crippen LogP contribution in [0.5, 0.6) is 5.75 Å². The van der Waals surface area contributed by atoms with Gasteiger partial charge in [-0.25, -0.2) is 0 Å². The van der Waals surface area contributed by atoms with Crippen LogP contribution in [0.4, 0.5) is 0 Å². The van der Waals surface area contributed by atoms with Gasteiger partial charge in [-0.1, -0.05) is 62.7 Å². The van der Waals surface area contributed by atoms with E-state index in [1.807, 2.05) is 65.6 Å². The van der Waals surface area contributed by atoms with Crippen LogP contribution in [0.15, 0.2) is 60.4 Å². The molecule has 142 valence electrons. The monoisotopic (exact) mass is 365 g/mol. The lowest BCUT2D eigenvalue weighted by molar-refractivity contribution is -0.142. The van der Waals surface area contributed by atoms with Gasteiger partial charge in [0.2, 0.25) is 0 Å². The fourth-order valence-electron chi connectivity index (χ4n) is 3.28. The van der Waals surface area contributed by atoms with E-state index in [2.05, 4.69) is 13.8 Å². The Balaban J connectivity index is 1.86. The Kier molecular flexibility index (Phi) is 6.17. The zero-order chi connectivity index (χ0) is 19.2. The Morgan fingerprint density at radius 1 is 1.19 bits per heavy atom. The van der Waals surface area contributed by atoms with E-state index < -0.39 is 0 Å². The topological polar surface area (TPSA) is 38.8 Å². The molecule has 4 heteroatoms. The van der Waals surface area contributed by atoms with Crippen molar-refractivity contribution in [3.05, 3.63) is 71.5 Å². The van der Waals surface area contributed by atoms with Gasteiger partial charge < -0.3 is 14.4 Å². The highest BCUT2D eigenvalue weighted by atomic mass is 16.5. The molecule has 2 aromatic rings. The van der Waals surface area contributed by atoms with Crippen LogP contribution in [0, 0.1) is 5.92 Å². The summed E-state index contributed by atoms with van der Waals surface area (Å²) < 4.78 is 11.1. The van der Waals surface area contributed by atoms with Gasteiger partial charge in [-0.15, -0.1) is 0 Å². The number of methoxy groups -OCH3 is 1. The van der Waals surface area contributed by atoms with Crippen LogP contribution >= 0.6 is 0 Å². The highest BCUT2D eigenvalue weighted by molar-refractivity contribution is 5.96. The third kappa shape index (κ3) is 4.51. The summed E-state index contributed by atoms with van der Waals surface area (Å²) in [5.74, 6) is 1.54. The minimum atomic E-state index is -0.0498. The molecule has 27 heavy (non-hydrogen) atoms. The summed E-state index contributed by atoms with van der Waals surface area (Å²) in [5.41, 5.74) is 2.05. The fraction of sp³-hybridized carbons (Fsp3) is 0.348. The first kappa shape index (κ1) is 19.0. The van der Waals surface area contributed by atoms with Crippen molar-refractivity contribution in [3.8, 4) is 5.75 Å². The van der Waals surface area contributed by atoms with E-state index in [-0.39, 0.29) is 11.9 Å². The smallest absolute Gasteiger partial charge is 0.289 e. The van der Waals surface area contributed by atoms with Gasteiger partial charge in [-0.05, 0) is 35.3 Å². The average Bonchev–Trinajstić information content (AvgIpc) is 2.72. The van der Waals surface area contributed by atoms with Gasteiger partial charge in [-0.3, -0.25) is 4.79 Å². The van der Waals surface area contributed by atoms with Gasteiger partial charge in [0, 0.05) is 6.54 Å². The summed E-state index contributed by atoms with van der Waals surface area (Å²) in [6, 6.07) is 17.8. The van der Waals surface area contributed by atoms with Crippen molar-refractivity contribution in [1.29, 1.82) is 0 Å². The summed E-state index contributed by atoms with van der Waals surface area (Å²) in [6.45, 7) is 5.41. The SMILES string of the molecule is CCC(C)[C@H]1CO/C(=C\c2ccccc2)C(=O)N1Cc1ccc(OC)cc1.